The molecular weight excluding hydrogens is 322 g/mol. The topological polar surface area (TPSA) is 63.7 Å². The molecule has 0 aliphatic carbocycles. The molecule has 0 radical (unpaired) electrons. The summed E-state index contributed by atoms with van der Waals surface area (Å²) in [6.45, 7) is 3.57. The third-order valence-corrected chi connectivity index (χ3v) is 7.09. The molecule has 0 saturated carbocycles. The van der Waals surface area contributed by atoms with Crippen molar-refractivity contribution in [3.05, 3.63) is 59.7 Å². The van der Waals surface area contributed by atoms with Crippen LogP contribution in [0.5, 0.6) is 5.75 Å². The van der Waals surface area contributed by atoms with Gasteiger partial charge >= 0.3 is 11.3 Å². The van der Waals surface area contributed by atoms with Crippen LogP contribution in [0.2, 0.25) is 0 Å². The molecule has 7 heteroatoms. The van der Waals surface area contributed by atoms with Gasteiger partial charge in [0.1, 0.15) is 5.75 Å². The Balaban J connectivity index is 2.08. The van der Waals surface area contributed by atoms with Crippen LogP contribution in [0.4, 0.5) is 0 Å². The molecule has 1 unspecified atom stereocenters. The summed E-state index contributed by atoms with van der Waals surface area (Å²) in [5.41, 5.74) is 1.64. The molecule has 2 aromatic carbocycles. The Labute approximate surface area is 132 Å². The van der Waals surface area contributed by atoms with Crippen LogP contribution in [0.3, 0.4) is 0 Å². The Morgan fingerprint density at radius 1 is 1.09 bits per heavy atom. The maximum atomic E-state index is 12.8. The molecule has 22 heavy (non-hydrogen) atoms. The molecule has 1 aliphatic heterocycles. The number of hydrogen-bond donors (Lipinski definition) is 0. The van der Waals surface area contributed by atoms with E-state index in [4.69, 9.17) is 4.18 Å². The molecule has 0 bridgehead atoms. The average molecular weight is 337 g/mol. The fourth-order valence-corrected chi connectivity index (χ4v) is 5.32. The van der Waals surface area contributed by atoms with E-state index in [1.807, 2.05) is 6.92 Å². The number of aryl methyl sites for hydroxylation is 1. The fraction of sp³-hybridized carbons (Fsp3) is 0.200. The molecule has 0 fully saturated rings. The zero-order valence-electron chi connectivity index (χ0n) is 12.1. The van der Waals surface area contributed by atoms with E-state index in [2.05, 4.69) is 0 Å². The first-order chi connectivity index (χ1) is 10.4. The monoisotopic (exact) mass is 337 g/mol. The Morgan fingerprint density at radius 2 is 1.73 bits per heavy atom. The first kappa shape index (κ1) is 15.2. The van der Waals surface area contributed by atoms with E-state index < -0.39 is 27.3 Å². The maximum absolute atomic E-state index is 12.8. The van der Waals surface area contributed by atoms with Crippen LogP contribution in [0.25, 0.3) is 0 Å². The van der Waals surface area contributed by atoms with Crippen molar-refractivity contribution in [3.63, 3.8) is 0 Å². The lowest BCUT2D eigenvalue weighted by Crippen LogP contribution is -2.40. The molecule has 0 N–H and O–H groups in total. The Bertz CT molecular complexity index is 831. The molecule has 2 atom stereocenters. The number of rotatable bonds is 2. The van der Waals surface area contributed by atoms with E-state index in [9.17, 15) is 12.6 Å². The molecule has 0 aromatic heterocycles. The van der Waals surface area contributed by atoms with Gasteiger partial charge < -0.3 is 4.18 Å². The summed E-state index contributed by atoms with van der Waals surface area (Å²) in [7, 11) is -3.91. The van der Waals surface area contributed by atoms with Crippen LogP contribution in [0.1, 0.15) is 24.1 Å². The predicted molar refractivity (Wildman–Crippen MR) is 83.8 cm³/mol. The van der Waals surface area contributed by atoms with Gasteiger partial charge in [-0.05, 0) is 32.0 Å². The second-order valence-corrected chi connectivity index (χ2v) is 8.13. The van der Waals surface area contributed by atoms with Gasteiger partial charge in [-0.3, -0.25) is 0 Å². The highest BCUT2D eigenvalue weighted by molar-refractivity contribution is 7.99. The highest BCUT2D eigenvalue weighted by atomic mass is 32.3. The van der Waals surface area contributed by atoms with Gasteiger partial charge in [0.2, 0.25) is 0 Å². The lowest BCUT2D eigenvalue weighted by molar-refractivity contribution is 0.403. The highest BCUT2D eigenvalue weighted by Crippen LogP contribution is 2.38. The molecule has 2 aromatic rings. The van der Waals surface area contributed by atoms with E-state index >= 15 is 0 Å². The Hall–Kier alpha value is -1.70. The SMILES string of the molecule is Cc1ccc(S(=O)(=O)N2[C@H](C)c3ccccc3OS2=O)cc1. The minimum absolute atomic E-state index is 0.0984. The van der Waals surface area contributed by atoms with Crippen molar-refractivity contribution in [1.82, 2.24) is 3.71 Å². The van der Waals surface area contributed by atoms with E-state index in [0.717, 1.165) is 9.27 Å². The van der Waals surface area contributed by atoms with Gasteiger partial charge in [0, 0.05) is 5.56 Å². The van der Waals surface area contributed by atoms with Crippen molar-refractivity contribution in [1.29, 1.82) is 0 Å². The van der Waals surface area contributed by atoms with E-state index in [1.54, 1.807) is 43.3 Å². The molecule has 1 aliphatic rings. The predicted octanol–water partition coefficient (Wildman–Crippen LogP) is 2.72. The van der Waals surface area contributed by atoms with Gasteiger partial charge in [-0.1, -0.05) is 39.6 Å². The minimum atomic E-state index is -3.91. The molecule has 0 amide bonds. The number of benzene rings is 2. The molecular formula is C15H15NO4S2. The van der Waals surface area contributed by atoms with Crippen molar-refractivity contribution < 1.29 is 16.8 Å². The summed E-state index contributed by atoms with van der Waals surface area (Å²) >= 11 is -2.10. The van der Waals surface area contributed by atoms with Crippen LogP contribution >= 0.6 is 0 Å². The third-order valence-electron chi connectivity index (χ3n) is 3.55. The van der Waals surface area contributed by atoms with E-state index in [1.165, 1.54) is 12.1 Å². The molecule has 0 spiro atoms. The molecule has 5 nitrogen and oxygen atoms in total. The van der Waals surface area contributed by atoms with Crippen LogP contribution in [-0.2, 0) is 21.3 Å². The zero-order chi connectivity index (χ0) is 15.9. The van der Waals surface area contributed by atoms with E-state index in [-0.39, 0.29) is 4.90 Å². The van der Waals surface area contributed by atoms with Crippen molar-refractivity contribution in [2.24, 2.45) is 0 Å². The number of sulfonamides is 1. The van der Waals surface area contributed by atoms with Gasteiger partial charge in [-0.25, -0.2) is 8.42 Å². The van der Waals surface area contributed by atoms with Crippen molar-refractivity contribution in [2.45, 2.75) is 24.8 Å². The largest absolute Gasteiger partial charge is 0.388 e. The van der Waals surface area contributed by atoms with Crippen LogP contribution < -0.4 is 4.18 Å². The van der Waals surface area contributed by atoms with Gasteiger partial charge in [-0.2, -0.15) is 4.21 Å². The zero-order valence-corrected chi connectivity index (χ0v) is 13.7. The Morgan fingerprint density at radius 3 is 2.41 bits per heavy atom. The first-order valence-corrected chi connectivity index (χ1v) is 9.18. The average Bonchev–Trinajstić information content (AvgIpc) is 2.47. The quantitative estimate of drug-likeness (QED) is 0.845. The lowest BCUT2D eigenvalue weighted by Gasteiger charge is -2.31. The normalized spacial score (nSPS) is 21.9. The van der Waals surface area contributed by atoms with Gasteiger partial charge in [0.05, 0.1) is 10.9 Å². The number of hydrogen-bond acceptors (Lipinski definition) is 4. The van der Waals surface area contributed by atoms with Gasteiger partial charge in [0.25, 0.3) is 10.0 Å². The van der Waals surface area contributed by atoms with Crippen LogP contribution in [0.15, 0.2) is 53.4 Å². The molecule has 0 saturated heterocycles. The van der Waals surface area contributed by atoms with Crippen LogP contribution in [-0.4, -0.2) is 16.3 Å². The van der Waals surface area contributed by atoms with Crippen molar-refractivity contribution >= 4 is 21.3 Å². The summed E-state index contributed by atoms with van der Waals surface area (Å²) < 4.78 is 44.0. The third kappa shape index (κ3) is 2.45. The first-order valence-electron chi connectivity index (χ1n) is 6.71. The van der Waals surface area contributed by atoms with Crippen LogP contribution in [0, 0.1) is 6.92 Å². The molecule has 116 valence electrons. The summed E-state index contributed by atoms with van der Waals surface area (Å²) in [5, 5.41) is 0. The lowest BCUT2D eigenvalue weighted by atomic mass is 10.1. The van der Waals surface area contributed by atoms with Crippen molar-refractivity contribution in [2.75, 3.05) is 0 Å². The van der Waals surface area contributed by atoms with Crippen molar-refractivity contribution in [3.8, 4) is 5.75 Å². The summed E-state index contributed by atoms with van der Waals surface area (Å²) in [6, 6.07) is 12.9. The molecule has 1 heterocycles. The second-order valence-electron chi connectivity index (χ2n) is 5.09. The second kappa shape index (κ2) is 5.49. The smallest absolute Gasteiger partial charge is 0.305 e. The number of fused-ring (bicyclic) bond motifs is 1. The minimum Gasteiger partial charge on any atom is -0.388 e. The Kier molecular flexibility index (Phi) is 3.80. The summed E-state index contributed by atoms with van der Waals surface area (Å²) in [6.07, 6.45) is 0. The number of para-hydroxylation sites is 1. The standard InChI is InChI=1S/C15H15NO4S2/c1-11-7-9-13(10-8-11)22(18,19)16-12(2)14-5-3-4-6-15(14)20-21(16)17/h3-10,12H,1-2H3/t12-,21?/m1/s1. The summed E-state index contributed by atoms with van der Waals surface area (Å²) in [4.78, 5) is 0.0984. The highest BCUT2D eigenvalue weighted by Gasteiger charge is 2.41. The fourth-order valence-electron chi connectivity index (χ4n) is 2.36. The van der Waals surface area contributed by atoms with E-state index in [0.29, 0.717) is 11.3 Å². The maximum Gasteiger partial charge on any atom is 0.305 e. The van der Waals surface area contributed by atoms with Gasteiger partial charge in [0.15, 0.2) is 0 Å². The number of nitrogens with zero attached hydrogens (tertiary/aromatic N) is 1. The summed E-state index contributed by atoms with van der Waals surface area (Å²) in [5.74, 6) is 0.448. The molecule has 3 rings (SSSR count). The van der Waals surface area contributed by atoms with Gasteiger partial charge in [-0.15, -0.1) is 0 Å².